The van der Waals surface area contributed by atoms with Crippen molar-refractivity contribution in [1.29, 1.82) is 0 Å². The first-order valence-electron chi connectivity index (χ1n) is 5.90. The van der Waals surface area contributed by atoms with Crippen LogP contribution in [-0.2, 0) is 6.42 Å². The van der Waals surface area contributed by atoms with E-state index in [-0.39, 0.29) is 17.5 Å². The third-order valence-electron chi connectivity index (χ3n) is 3.15. The maximum Gasteiger partial charge on any atom is 0.294 e. The molecule has 92 valence electrons. The van der Waals surface area contributed by atoms with Crippen molar-refractivity contribution in [1.82, 2.24) is 0 Å². The van der Waals surface area contributed by atoms with Crippen LogP contribution >= 0.6 is 0 Å². The second kappa shape index (κ2) is 4.29. The SMILES string of the molecule is O=C(c1ccco1)N1CCCc2cccc(F)c21. The highest BCUT2D eigenvalue weighted by Gasteiger charge is 2.27. The van der Waals surface area contributed by atoms with Crippen LogP contribution < -0.4 is 4.90 Å². The summed E-state index contributed by atoms with van der Waals surface area (Å²) in [6.45, 7) is 0.521. The van der Waals surface area contributed by atoms with Crippen LogP contribution in [-0.4, -0.2) is 12.5 Å². The maximum atomic E-state index is 13.9. The minimum absolute atomic E-state index is 0.242. The van der Waals surface area contributed by atoms with E-state index in [1.807, 2.05) is 6.07 Å². The first-order chi connectivity index (χ1) is 8.77. The molecule has 1 aromatic carbocycles. The summed E-state index contributed by atoms with van der Waals surface area (Å²) in [5, 5.41) is 0. The van der Waals surface area contributed by atoms with Gasteiger partial charge in [0, 0.05) is 6.54 Å². The van der Waals surface area contributed by atoms with E-state index in [1.54, 1.807) is 18.2 Å². The predicted molar refractivity (Wildman–Crippen MR) is 65.1 cm³/mol. The van der Waals surface area contributed by atoms with E-state index in [9.17, 15) is 9.18 Å². The number of para-hydroxylation sites is 1. The van der Waals surface area contributed by atoms with Gasteiger partial charge in [0.25, 0.3) is 5.91 Å². The highest BCUT2D eigenvalue weighted by Crippen LogP contribution is 2.31. The molecule has 2 aromatic rings. The minimum atomic E-state index is -0.355. The number of carbonyl (C=O) groups excluding carboxylic acids is 1. The fourth-order valence-electron chi connectivity index (χ4n) is 2.34. The first kappa shape index (κ1) is 11.0. The molecule has 1 amide bonds. The fraction of sp³-hybridized carbons (Fsp3) is 0.214. The van der Waals surface area contributed by atoms with E-state index in [0.29, 0.717) is 12.2 Å². The van der Waals surface area contributed by atoms with Crippen molar-refractivity contribution in [2.75, 3.05) is 11.4 Å². The summed E-state index contributed by atoms with van der Waals surface area (Å²) in [5.74, 6) is -0.399. The zero-order valence-corrected chi connectivity index (χ0v) is 9.73. The van der Waals surface area contributed by atoms with E-state index in [1.165, 1.54) is 17.2 Å². The summed E-state index contributed by atoms with van der Waals surface area (Å²) < 4.78 is 19.0. The number of hydrogen-bond acceptors (Lipinski definition) is 2. The second-order valence-corrected chi connectivity index (χ2v) is 4.29. The summed E-state index contributed by atoms with van der Waals surface area (Å²) in [5.41, 5.74) is 1.27. The molecule has 1 aromatic heterocycles. The van der Waals surface area contributed by atoms with E-state index in [2.05, 4.69) is 0 Å². The third kappa shape index (κ3) is 1.70. The Labute approximate surface area is 104 Å². The summed E-state index contributed by atoms with van der Waals surface area (Å²) in [6, 6.07) is 8.17. The Morgan fingerprint density at radius 2 is 2.17 bits per heavy atom. The molecule has 3 rings (SSSR count). The van der Waals surface area contributed by atoms with Gasteiger partial charge < -0.3 is 9.32 Å². The number of benzene rings is 1. The predicted octanol–water partition coefficient (Wildman–Crippen LogP) is 3.01. The number of hydrogen-bond donors (Lipinski definition) is 0. The van der Waals surface area contributed by atoms with E-state index in [0.717, 1.165) is 18.4 Å². The molecule has 2 heterocycles. The lowest BCUT2D eigenvalue weighted by Crippen LogP contribution is -2.36. The van der Waals surface area contributed by atoms with Gasteiger partial charge in [-0.2, -0.15) is 0 Å². The molecule has 0 aliphatic carbocycles. The molecule has 0 bridgehead atoms. The highest BCUT2D eigenvalue weighted by atomic mass is 19.1. The van der Waals surface area contributed by atoms with Crippen LogP contribution in [0.3, 0.4) is 0 Å². The molecule has 0 spiro atoms. The number of rotatable bonds is 1. The molecule has 0 N–H and O–H groups in total. The van der Waals surface area contributed by atoms with Crippen molar-refractivity contribution in [2.24, 2.45) is 0 Å². The largest absolute Gasteiger partial charge is 0.459 e. The van der Waals surface area contributed by atoms with E-state index < -0.39 is 0 Å². The van der Waals surface area contributed by atoms with Crippen LogP contribution in [0.2, 0.25) is 0 Å². The van der Waals surface area contributed by atoms with Crippen molar-refractivity contribution in [3.63, 3.8) is 0 Å². The highest BCUT2D eigenvalue weighted by molar-refractivity contribution is 6.05. The molecule has 1 aliphatic heterocycles. The van der Waals surface area contributed by atoms with Crippen LogP contribution in [0.5, 0.6) is 0 Å². The number of furan rings is 1. The molecule has 4 heteroatoms. The van der Waals surface area contributed by atoms with E-state index in [4.69, 9.17) is 4.42 Å². The topological polar surface area (TPSA) is 33.5 Å². The molecular weight excluding hydrogens is 233 g/mol. The van der Waals surface area contributed by atoms with Crippen molar-refractivity contribution in [3.8, 4) is 0 Å². The number of fused-ring (bicyclic) bond motifs is 1. The molecule has 0 fully saturated rings. The number of amides is 1. The molecule has 3 nitrogen and oxygen atoms in total. The van der Waals surface area contributed by atoms with Gasteiger partial charge in [-0.3, -0.25) is 4.79 Å². The molecule has 0 saturated carbocycles. The minimum Gasteiger partial charge on any atom is -0.459 e. The van der Waals surface area contributed by atoms with Crippen molar-refractivity contribution < 1.29 is 13.6 Å². The Morgan fingerprint density at radius 3 is 2.94 bits per heavy atom. The van der Waals surface area contributed by atoms with Crippen LogP contribution in [0.4, 0.5) is 10.1 Å². The lowest BCUT2D eigenvalue weighted by molar-refractivity contribution is 0.0957. The summed E-state index contributed by atoms with van der Waals surface area (Å²) in [4.78, 5) is 13.7. The third-order valence-corrected chi connectivity index (χ3v) is 3.15. The van der Waals surface area contributed by atoms with Gasteiger partial charge in [-0.05, 0) is 36.6 Å². The van der Waals surface area contributed by atoms with Gasteiger partial charge in [0.2, 0.25) is 0 Å². The molecule has 0 atom stereocenters. The van der Waals surface area contributed by atoms with Gasteiger partial charge in [-0.25, -0.2) is 4.39 Å². The standard InChI is InChI=1S/C14H12FNO2/c15-11-6-1-4-10-5-2-8-16(13(10)11)14(17)12-7-3-9-18-12/h1,3-4,6-7,9H,2,5,8H2. The molecule has 0 saturated heterocycles. The average Bonchev–Trinajstić information content (AvgIpc) is 2.91. The van der Waals surface area contributed by atoms with Crippen molar-refractivity contribution in [2.45, 2.75) is 12.8 Å². The van der Waals surface area contributed by atoms with Crippen molar-refractivity contribution >= 4 is 11.6 Å². The normalized spacial score (nSPS) is 14.4. The monoisotopic (exact) mass is 245 g/mol. The van der Waals surface area contributed by atoms with Crippen LogP contribution in [0.15, 0.2) is 41.0 Å². The van der Waals surface area contributed by atoms with Gasteiger partial charge in [0.15, 0.2) is 5.76 Å². The summed E-state index contributed by atoms with van der Waals surface area (Å²) in [6.07, 6.45) is 3.08. The lowest BCUT2D eigenvalue weighted by atomic mass is 10.0. The van der Waals surface area contributed by atoms with Gasteiger partial charge in [0.05, 0.1) is 12.0 Å². The number of halogens is 1. The Hall–Kier alpha value is -2.10. The van der Waals surface area contributed by atoms with Gasteiger partial charge in [-0.15, -0.1) is 0 Å². The van der Waals surface area contributed by atoms with Gasteiger partial charge in [-0.1, -0.05) is 12.1 Å². The fourth-order valence-corrected chi connectivity index (χ4v) is 2.34. The summed E-state index contributed by atoms with van der Waals surface area (Å²) in [7, 11) is 0. The maximum absolute atomic E-state index is 13.9. The van der Waals surface area contributed by atoms with Crippen LogP contribution in [0, 0.1) is 5.82 Å². The second-order valence-electron chi connectivity index (χ2n) is 4.29. The lowest BCUT2D eigenvalue weighted by Gasteiger charge is -2.29. The molecule has 18 heavy (non-hydrogen) atoms. The molecule has 1 aliphatic rings. The summed E-state index contributed by atoms with van der Waals surface area (Å²) >= 11 is 0. The number of aryl methyl sites for hydroxylation is 1. The quantitative estimate of drug-likeness (QED) is 0.773. The number of anilines is 1. The zero-order chi connectivity index (χ0) is 12.5. The molecule has 0 radical (unpaired) electrons. The van der Waals surface area contributed by atoms with Crippen molar-refractivity contribution in [3.05, 3.63) is 53.7 Å². The smallest absolute Gasteiger partial charge is 0.294 e. The van der Waals surface area contributed by atoms with E-state index >= 15 is 0 Å². The zero-order valence-electron chi connectivity index (χ0n) is 9.73. The Morgan fingerprint density at radius 1 is 1.28 bits per heavy atom. The molecular formula is C14H12FNO2. The molecule has 0 unspecified atom stereocenters. The van der Waals surface area contributed by atoms with Crippen LogP contribution in [0.1, 0.15) is 22.5 Å². The number of carbonyl (C=O) groups is 1. The average molecular weight is 245 g/mol. The Balaban J connectivity index is 2.04. The van der Waals surface area contributed by atoms with Crippen LogP contribution in [0.25, 0.3) is 0 Å². The van der Waals surface area contributed by atoms with Gasteiger partial charge >= 0.3 is 0 Å². The Bertz CT molecular complexity index is 577. The van der Waals surface area contributed by atoms with Gasteiger partial charge in [0.1, 0.15) is 5.82 Å². The number of nitrogens with zero attached hydrogens (tertiary/aromatic N) is 1. The Kier molecular flexibility index (Phi) is 2.63. The first-order valence-corrected chi connectivity index (χ1v) is 5.90.